The van der Waals surface area contributed by atoms with Crippen LogP contribution in [0.15, 0.2) is 83.8 Å². The Hall–Kier alpha value is -4.05. The third kappa shape index (κ3) is 7.79. The zero-order valence-corrected chi connectivity index (χ0v) is 25.1. The lowest BCUT2D eigenvalue weighted by Crippen LogP contribution is -2.53. The Balaban J connectivity index is 2.06. The highest BCUT2D eigenvalue weighted by Crippen LogP contribution is 2.32. The molecule has 3 aromatic carbocycles. The molecule has 3 aromatic rings. The van der Waals surface area contributed by atoms with E-state index in [2.05, 4.69) is 5.32 Å². The van der Waals surface area contributed by atoms with Crippen molar-refractivity contribution < 1.29 is 27.5 Å². The van der Waals surface area contributed by atoms with Crippen LogP contribution in [-0.4, -0.2) is 58.0 Å². The monoisotopic (exact) mass is 581 g/mol. The Kier molecular flexibility index (Phi) is 11.2. The first-order chi connectivity index (χ1) is 19.7. The number of benzene rings is 3. The molecule has 0 bridgehead atoms. The summed E-state index contributed by atoms with van der Waals surface area (Å²) in [6.07, 6.45) is 1.09. The number of carbonyl (C=O) groups excluding carboxylic acids is 2. The van der Waals surface area contributed by atoms with Crippen molar-refractivity contribution in [2.45, 2.75) is 57.1 Å². The highest BCUT2D eigenvalue weighted by Gasteiger charge is 2.34. The smallest absolute Gasteiger partial charge is 0.264 e. The van der Waals surface area contributed by atoms with Gasteiger partial charge in [0.15, 0.2) is 11.5 Å². The van der Waals surface area contributed by atoms with Gasteiger partial charge in [0.05, 0.1) is 24.8 Å². The summed E-state index contributed by atoms with van der Waals surface area (Å²) in [4.78, 5) is 28.8. The molecule has 2 atom stereocenters. The van der Waals surface area contributed by atoms with Crippen molar-refractivity contribution in [3.8, 4) is 11.5 Å². The Morgan fingerprint density at radius 3 is 2.02 bits per heavy atom. The summed E-state index contributed by atoms with van der Waals surface area (Å²) in [7, 11) is -1.36. The van der Waals surface area contributed by atoms with Crippen LogP contribution in [0, 0.1) is 0 Å². The summed E-state index contributed by atoms with van der Waals surface area (Å²) in [5.41, 5.74) is 1.14. The van der Waals surface area contributed by atoms with E-state index in [0.29, 0.717) is 17.9 Å². The first-order valence-corrected chi connectivity index (χ1v) is 15.0. The number of carbonyl (C=O) groups is 2. The van der Waals surface area contributed by atoms with Crippen LogP contribution in [-0.2, 0) is 26.2 Å². The maximum atomic E-state index is 14.1. The molecule has 220 valence electrons. The van der Waals surface area contributed by atoms with Gasteiger partial charge in [-0.1, -0.05) is 62.4 Å². The van der Waals surface area contributed by atoms with Crippen LogP contribution in [0.5, 0.6) is 11.5 Å². The number of ether oxygens (including phenoxy) is 2. The summed E-state index contributed by atoms with van der Waals surface area (Å²) in [5, 5.41) is 2.98. The van der Waals surface area contributed by atoms with E-state index < -0.39 is 28.5 Å². The van der Waals surface area contributed by atoms with Gasteiger partial charge in [0, 0.05) is 18.7 Å². The largest absolute Gasteiger partial charge is 0.493 e. The molecule has 0 saturated heterocycles. The zero-order chi connectivity index (χ0) is 30.0. The minimum Gasteiger partial charge on any atom is -0.493 e. The maximum absolute atomic E-state index is 14.1. The number of hydrogen-bond acceptors (Lipinski definition) is 6. The molecule has 3 rings (SSSR count). The molecular formula is C31H39N3O6S. The Morgan fingerprint density at radius 1 is 0.854 bits per heavy atom. The predicted molar refractivity (Wildman–Crippen MR) is 159 cm³/mol. The molecule has 9 nitrogen and oxygen atoms in total. The number of nitrogens with one attached hydrogen (secondary N) is 1. The number of methoxy groups -OCH3 is 2. The molecule has 0 unspecified atom stereocenters. The first-order valence-electron chi connectivity index (χ1n) is 13.6. The van der Waals surface area contributed by atoms with Crippen LogP contribution in [0.2, 0.25) is 0 Å². The van der Waals surface area contributed by atoms with Crippen molar-refractivity contribution in [1.29, 1.82) is 0 Å². The standard InChI is InChI=1S/C31H39N3O6S/c1-6-23(3)32-31(36)27(7-2)33(21-24-14-10-8-11-15-24)30(35)22-34(25-16-12-9-13-17-25)41(37,38)26-18-19-28(39-4)29(20-26)40-5/h8-20,23,27H,6-7,21-22H2,1-5H3,(H,32,36)/t23-,27-/m1/s1. The lowest BCUT2D eigenvalue weighted by Gasteiger charge is -2.33. The fourth-order valence-electron chi connectivity index (χ4n) is 4.37. The molecule has 0 aliphatic heterocycles. The summed E-state index contributed by atoms with van der Waals surface area (Å²) >= 11 is 0. The van der Waals surface area contributed by atoms with E-state index in [0.717, 1.165) is 16.3 Å². The van der Waals surface area contributed by atoms with Crippen LogP contribution in [0.25, 0.3) is 0 Å². The highest BCUT2D eigenvalue weighted by atomic mass is 32.2. The van der Waals surface area contributed by atoms with E-state index >= 15 is 0 Å². The third-order valence-corrected chi connectivity index (χ3v) is 8.62. The summed E-state index contributed by atoms with van der Waals surface area (Å²) < 4.78 is 39.8. The Bertz CT molecular complexity index is 1400. The van der Waals surface area contributed by atoms with Gasteiger partial charge in [0.25, 0.3) is 10.0 Å². The summed E-state index contributed by atoms with van der Waals surface area (Å²) in [5.74, 6) is -0.166. The molecule has 0 spiro atoms. The van der Waals surface area contributed by atoms with Gasteiger partial charge >= 0.3 is 0 Å². The van der Waals surface area contributed by atoms with Crippen LogP contribution in [0.4, 0.5) is 5.69 Å². The number of para-hydroxylation sites is 1. The molecule has 0 heterocycles. The number of anilines is 1. The average Bonchev–Trinajstić information content (AvgIpc) is 2.99. The van der Waals surface area contributed by atoms with Gasteiger partial charge < -0.3 is 19.7 Å². The van der Waals surface area contributed by atoms with Gasteiger partial charge in [-0.15, -0.1) is 0 Å². The van der Waals surface area contributed by atoms with E-state index in [1.54, 1.807) is 30.3 Å². The van der Waals surface area contributed by atoms with Gasteiger partial charge in [-0.3, -0.25) is 13.9 Å². The second-order valence-electron chi connectivity index (χ2n) is 9.61. The molecule has 41 heavy (non-hydrogen) atoms. The summed E-state index contributed by atoms with van der Waals surface area (Å²) in [6.45, 7) is 5.34. The van der Waals surface area contributed by atoms with Crippen LogP contribution in [0.3, 0.4) is 0 Å². The molecule has 1 N–H and O–H groups in total. The fourth-order valence-corrected chi connectivity index (χ4v) is 5.80. The first kappa shape index (κ1) is 31.5. The van der Waals surface area contributed by atoms with E-state index in [1.165, 1.54) is 37.3 Å². The maximum Gasteiger partial charge on any atom is 0.264 e. The molecule has 0 saturated carbocycles. The second kappa shape index (κ2) is 14.5. The number of rotatable bonds is 14. The number of sulfonamides is 1. The quantitative estimate of drug-likeness (QED) is 0.298. The average molecular weight is 582 g/mol. The minimum atomic E-state index is -4.24. The van der Waals surface area contributed by atoms with E-state index in [1.807, 2.05) is 51.1 Å². The summed E-state index contributed by atoms with van der Waals surface area (Å²) in [6, 6.07) is 21.2. The van der Waals surface area contributed by atoms with E-state index in [-0.39, 0.29) is 29.1 Å². The van der Waals surface area contributed by atoms with Gasteiger partial charge in [-0.2, -0.15) is 0 Å². The van der Waals surface area contributed by atoms with Gasteiger partial charge in [-0.05, 0) is 49.6 Å². The van der Waals surface area contributed by atoms with Crippen molar-refractivity contribution >= 4 is 27.5 Å². The lowest BCUT2D eigenvalue weighted by molar-refractivity contribution is -0.140. The Morgan fingerprint density at radius 2 is 1.46 bits per heavy atom. The molecule has 10 heteroatoms. The number of amides is 2. The molecular weight excluding hydrogens is 542 g/mol. The van der Waals surface area contributed by atoms with Crippen molar-refractivity contribution in [3.05, 3.63) is 84.4 Å². The molecule has 0 radical (unpaired) electrons. The zero-order valence-electron chi connectivity index (χ0n) is 24.2. The van der Waals surface area contributed by atoms with Gasteiger partial charge in [0.1, 0.15) is 12.6 Å². The topological polar surface area (TPSA) is 105 Å². The van der Waals surface area contributed by atoms with Crippen LogP contribution < -0.4 is 19.1 Å². The van der Waals surface area contributed by atoms with Gasteiger partial charge in [-0.25, -0.2) is 8.42 Å². The van der Waals surface area contributed by atoms with Gasteiger partial charge in [0.2, 0.25) is 11.8 Å². The number of nitrogens with zero attached hydrogens (tertiary/aromatic N) is 2. The fraction of sp³-hybridized carbons (Fsp3) is 0.355. The lowest BCUT2D eigenvalue weighted by atomic mass is 10.1. The second-order valence-corrected chi connectivity index (χ2v) is 11.5. The normalized spacial score (nSPS) is 12.6. The molecule has 0 aromatic heterocycles. The van der Waals surface area contributed by atoms with Crippen LogP contribution in [0.1, 0.15) is 39.2 Å². The molecule has 0 aliphatic carbocycles. The van der Waals surface area contributed by atoms with Crippen LogP contribution >= 0.6 is 0 Å². The SMILES string of the molecule is CC[C@@H](C)NC(=O)[C@@H](CC)N(Cc1ccccc1)C(=O)CN(c1ccccc1)S(=O)(=O)c1ccc(OC)c(OC)c1. The molecule has 2 amide bonds. The van der Waals surface area contributed by atoms with E-state index in [9.17, 15) is 18.0 Å². The van der Waals surface area contributed by atoms with Crippen molar-refractivity contribution in [3.63, 3.8) is 0 Å². The van der Waals surface area contributed by atoms with Crippen molar-refractivity contribution in [2.75, 3.05) is 25.1 Å². The third-order valence-electron chi connectivity index (χ3n) is 6.85. The van der Waals surface area contributed by atoms with Crippen molar-refractivity contribution in [2.24, 2.45) is 0 Å². The molecule has 0 fully saturated rings. The number of hydrogen-bond donors (Lipinski definition) is 1. The van der Waals surface area contributed by atoms with Crippen molar-refractivity contribution in [1.82, 2.24) is 10.2 Å². The highest BCUT2D eigenvalue weighted by molar-refractivity contribution is 7.92. The van der Waals surface area contributed by atoms with E-state index in [4.69, 9.17) is 9.47 Å². The minimum absolute atomic E-state index is 0.0667. The Labute approximate surface area is 243 Å². The molecule has 0 aliphatic rings. The predicted octanol–water partition coefficient (Wildman–Crippen LogP) is 4.62.